The first-order valence-corrected chi connectivity index (χ1v) is 10.4. The van der Waals surface area contributed by atoms with Gasteiger partial charge >= 0.3 is 0 Å². The molecule has 0 aromatic carbocycles. The second-order valence-electron chi connectivity index (χ2n) is 7.04. The summed E-state index contributed by atoms with van der Waals surface area (Å²) in [4.78, 5) is 9.96. The zero-order valence-electron chi connectivity index (χ0n) is 12.7. The van der Waals surface area contributed by atoms with Crippen molar-refractivity contribution in [3.63, 3.8) is 0 Å². The van der Waals surface area contributed by atoms with Gasteiger partial charge in [0.2, 0.25) is 0 Å². The fourth-order valence-corrected chi connectivity index (χ4v) is 7.28. The summed E-state index contributed by atoms with van der Waals surface area (Å²) in [5.74, 6) is 1.31. The number of thioether (sulfide) groups is 2. The van der Waals surface area contributed by atoms with E-state index in [0.29, 0.717) is 39.8 Å². The van der Waals surface area contributed by atoms with Crippen LogP contribution < -0.4 is 0 Å². The van der Waals surface area contributed by atoms with Gasteiger partial charge in [-0.1, -0.05) is 6.92 Å². The molecule has 4 aliphatic rings. The van der Waals surface area contributed by atoms with E-state index in [-0.39, 0.29) is 0 Å². The Kier molecular flexibility index (Phi) is 4.08. The van der Waals surface area contributed by atoms with Gasteiger partial charge in [-0.25, -0.2) is 0 Å². The lowest BCUT2D eigenvalue weighted by Gasteiger charge is -2.31. The van der Waals surface area contributed by atoms with Crippen LogP contribution in [0.1, 0.15) is 46.0 Å². The summed E-state index contributed by atoms with van der Waals surface area (Å²) in [6, 6.07) is 1.11. The zero-order valence-corrected chi connectivity index (χ0v) is 15.1. The fourth-order valence-electron chi connectivity index (χ4n) is 4.14. The van der Waals surface area contributed by atoms with Crippen LogP contribution >= 0.6 is 35.1 Å². The van der Waals surface area contributed by atoms with E-state index in [1.807, 2.05) is 11.8 Å². The molecule has 0 radical (unpaired) electrons. The van der Waals surface area contributed by atoms with E-state index in [1.165, 1.54) is 35.8 Å². The predicted octanol–water partition coefficient (Wildman–Crippen LogP) is 4.61. The van der Waals surface area contributed by atoms with Crippen molar-refractivity contribution < 1.29 is 0 Å². The summed E-state index contributed by atoms with van der Waals surface area (Å²) >= 11 is 10.6. The lowest BCUT2D eigenvalue weighted by Crippen LogP contribution is -2.36. The molecule has 4 rings (SSSR count). The molecule has 0 amide bonds. The molecule has 2 nitrogen and oxygen atoms in total. The minimum atomic E-state index is 0.344. The standard InChI is InChI=1S/C16H23ClN2S2/c1-8-3-4-10(5-11(8)17)16-19-13-7-14-12(6-15(13)21-16)18-9(2)20-14/h8,10-15H,3-7H2,1-2H3. The number of hydrogen-bond acceptors (Lipinski definition) is 4. The Labute approximate surface area is 141 Å². The summed E-state index contributed by atoms with van der Waals surface area (Å²) in [6.45, 7) is 4.44. The highest BCUT2D eigenvalue weighted by Gasteiger charge is 2.45. The van der Waals surface area contributed by atoms with Crippen LogP contribution in [0.25, 0.3) is 0 Å². The Balaban J connectivity index is 1.43. The lowest BCUT2D eigenvalue weighted by atomic mass is 9.83. The Bertz CT molecular complexity index is 493. The maximum absolute atomic E-state index is 6.50. The first-order chi connectivity index (χ1) is 10.1. The van der Waals surface area contributed by atoms with E-state index < -0.39 is 0 Å². The van der Waals surface area contributed by atoms with Crippen molar-refractivity contribution in [2.24, 2.45) is 21.8 Å². The van der Waals surface area contributed by atoms with Crippen molar-refractivity contribution in [2.45, 2.75) is 73.9 Å². The third-order valence-electron chi connectivity index (χ3n) is 5.49. The smallest absolute Gasteiger partial charge is 0.0714 e. The lowest BCUT2D eigenvalue weighted by molar-refractivity contribution is 0.352. The normalized spacial score (nSPS) is 49.4. The number of hydrogen-bond donors (Lipinski definition) is 0. The average Bonchev–Trinajstić information content (AvgIpc) is 3.00. The summed E-state index contributed by atoms with van der Waals surface area (Å²) in [7, 11) is 0. The van der Waals surface area contributed by atoms with Crippen molar-refractivity contribution >= 4 is 45.2 Å². The molecule has 116 valence electrons. The molecule has 2 saturated carbocycles. The first-order valence-electron chi connectivity index (χ1n) is 8.19. The van der Waals surface area contributed by atoms with E-state index >= 15 is 0 Å². The summed E-state index contributed by atoms with van der Waals surface area (Å²) in [6.07, 6.45) is 6.13. The highest BCUT2D eigenvalue weighted by Crippen LogP contribution is 2.47. The highest BCUT2D eigenvalue weighted by atomic mass is 35.5. The van der Waals surface area contributed by atoms with Crippen molar-refractivity contribution in [3.8, 4) is 0 Å². The van der Waals surface area contributed by atoms with Gasteiger partial charge in [0, 0.05) is 21.8 Å². The predicted molar refractivity (Wildman–Crippen MR) is 96.3 cm³/mol. The van der Waals surface area contributed by atoms with Crippen LogP contribution in [0, 0.1) is 11.8 Å². The Morgan fingerprint density at radius 1 is 1.00 bits per heavy atom. The quantitative estimate of drug-likeness (QED) is 0.650. The molecule has 2 fully saturated rings. The summed E-state index contributed by atoms with van der Waals surface area (Å²) in [5.41, 5.74) is 0. The maximum atomic E-state index is 6.50. The van der Waals surface area contributed by atoms with Gasteiger partial charge < -0.3 is 0 Å². The molecule has 7 unspecified atom stereocenters. The molecule has 0 N–H and O–H groups in total. The molecule has 0 bridgehead atoms. The van der Waals surface area contributed by atoms with Crippen molar-refractivity contribution in [1.29, 1.82) is 0 Å². The number of halogens is 1. The van der Waals surface area contributed by atoms with Crippen LogP contribution in [0.2, 0.25) is 0 Å². The topological polar surface area (TPSA) is 24.7 Å². The Morgan fingerprint density at radius 3 is 2.48 bits per heavy atom. The molecule has 7 atom stereocenters. The molecule has 5 heteroatoms. The third kappa shape index (κ3) is 2.81. The van der Waals surface area contributed by atoms with Gasteiger partial charge in [0.05, 0.1) is 22.2 Å². The van der Waals surface area contributed by atoms with E-state index in [9.17, 15) is 0 Å². The molecule has 2 aliphatic heterocycles. The van der Waals surface area contributed by atoms with E-state index in [2.05, 4.69) is 25.6 Å². The van der Waals surface area contributed by atoms with Crippen LogP contribution in [0.15, 0.2) is 9.98 Å². The molecule has 0 aromatic rings. The van der Waals surface area contributed by atoms with Gasteiger partial charge in [-0.05, 0) is 44.9 Å². The third-order valence-corrected chi connectivity index (χ3v) is 8.84. The second-order valence-corrected chi connectivity index (χ2v) is 10.3. The van der Waals surface area contributed by atoms with Gasteiger partial charge in [0.15, 0.2) is 0 Å². The van der Waals surface area contributed by atoms with Gasteiger partial charge in [-0.15, -0.1) is 35.1 Å². The Morgan fingerprint density at radius 2 is 1.71 bits per heavy atom. The summed E-state index contributed by atoms with van der Waals surface area (Å²) in [5, 5.41) is 4.43. The molecule has 2 heterocycles. The second kappa shape index (κ2) is 5.76. The number of nitrogens with zero attached hydrogens (tertiary/aromatic N) is 2. The molecular weight excluding hydrogens is 320 g/mol. The van der Waals surface area contributed by atoms with Crippen molar-refractivity contribution in [2.75, 3.05) is 0 Å². The molecular formula is C16H23ClN2S2. The van der Waals surface area contributed by atoms with Crippen LogP contribution in [0.5, 0.6) is 0 Å². The number of rotatable bonds is 1. The monoisotopic (exact) mass is 342 g/mol. The van der Waals surface area contributed by atoms with E-state index in [1.54, 1.807) is 0 Å². The number of alkyl halides is 1. The maximum Gasteiger partial charge on any atom is 0.0714 e. The van der Waals surface area contributed by atoms with Crippen molar-refractivity contribution in [3.05, 3.63) is 0 Å². The molecule has 2 aliphatic carbocycles. The Hall–Kier alpha value is 0.330. The van der Waals surface area contributed by atoms with Gasteiger partial charge in [0.1, 0.15) is 0 Å². The zero-order chi connectivity index (χ0) is 14.6. The summed E-state index contributed by atoms with van der Waals surface area (Å²) < 4.78 is 0. The van der Waals surface area contributed by atoms with Crippen LogP contribution in [0.4, 0.5) is 0 Å². The van der Waals surface area contributed by atoms with E-state index in [0.717, 1.165) is 6.42 Å². The molecule has 0 aromatic heterocycles. The van der Waals surface area contributed by atoms with Crippen LogP contribution in [-0.2, 0) is 0 Å². The SMILES string of the molecule is CC1=NC2CC3SC(C4CCC(C)C(Cl)C4)=NC3CC2S1. The van der Waals surface area contributed by atoms with Crippen molar-refractivity contribution in [1.82, 2.24) is 0 Å². The number of aliphatic imine (C=N–C) groups is 2. The van der Waals surface area contributed by atoms with Gasteiger partial charge in [-0.2, -0.15) is 0 Å². The van der Waals surface area contributed by atoms with E-state index in [4.69, 9.17) is 21.6 Å². The number of fused-ring (bicyclic) bond motifs is 2. The molecule has 0 spiro atoms. The van der Waals surface area contributed by atoms with Gasteiger partial charge in [0.25, 0.3) is 0 Å². The molecule has 0 saturated heterocycles. The van der Waals surface area contributed by atoms with Crippen LogP contribution in [0.3, 0.4) is 0 Å². The van der Waals surface area contributed by atoms with Gasteiger partial charge in [-0.3, -0.25) is 9.98 Å². The largest absolute Gasteiger partial charge is 0.279 e. The highest BCUT2D eigenvalue weighted by molar-refractivity contribution is 8.15. The average molecular weight is 343 g/mol. The van der Waals surface area contributed by atoms with Crippen LogP contribution in [-0.4, -0.2) is 38.0 Å². The first kappa shape index (κ1) is 14.9. The minimum Gasteiger partial charge on any atom is -0.279 e. The fraction of sp³-hybridized carbons (Fsp3) is 0.875. The minimum absolute atomic E-state index is 0.344. The molecule has 21 heavy (non-hydrogen) atoms.